The van der Waals surface area contributed by atoms with Gasteiger partial charge in [0.1, 0.15) is 16.5 Å². The Labute approximate surface area is 187 Å². The molecule has 2 N–H and O–H groups in total. The van der Waals surface area contributed by atoms with Crippen LogP contribution in [-0.4, -0.2) is 67.4 Å². The summed E-state index contributed by atoms with van der Waals surface area (Å²) in [6, 6.07) is 2.98. The maximum Gasteiger partial charge on any atom is 0.188 e. The number of hydrogen-bond acceptors (Lipinski definition) is 9. The van der Waals surface area contributed by atoms with Gasteiger partial charge in [0.25, 0.3) is 0 Å². The summed E-state index contributed by atoms with van der Waals surface area (Å²) < 4.78 is 0. The molecule has 0 aromatic carbocycles. The van der Waals surface area contributed by atoms with Crippen molar-refractivity contribution in [2.75, 3.05) is 25.0 Å². The van der Waals surface area contributed by atoms with E-state index in [4.69, 9.17) is 9.97 Å². The largest absolute Gasteiger partial charge is 0.506 e. The Hall–Kier alpha value is -2.56. The van der Waals surface area contributed by atoms with E-state index in [1.807, 2.05) is 0 Å². The molecule has 4 aromatic rings. The quantitative estimate of drug-likeness (QED) is 0.483. The summed E-state index contributed by atoms with van der Waals surface area (Å²) >= 11 is 3.11. The van der Waals surface area contributed by atoms with E-state index in [1.54, 1.807) is 36.0 Å². The van der Waals surface area contributed by atoms with Crippen molar-refractivity contribution >= 4 is 37.5 Å². The third kappa shape index (κ3) is 3.38. The monoisotopic (exact) mass is 453 g/mol. The van der Waals surface area contributed by atoms with Crippen LogP contribution in [0.1, 0.15) is 25.7 Å². The summed E-state index contributed by atoms with van der Waals surface area (Å²) in [6.07, 6.45) is 10.3. The van der Waals surface area contributed by atoms with E-state index >= 15 is 0 Å². The fourth-order valence-electron chi connectivity index (χ4n) is 4.78. The lowest BCUT2D eigenvalue weighted by Crippen LogP contribution is -2.46. The van der Waals surface area contributed by atoms with Crippen LogP contribution in [0.5, 0.6) is 5.75 Å². The number of aromatic amines is 1. The van der Waals surface area contributed by atoms with Crippen molar-refractivity contribution in [3.05, 3.63) is 24.7 Å². The van der Waals surface area contributed by atoms with Crippen molar-refractivity contribution in [1.29, 1.82) is 0 Å². The van der Waals surface area contributed by atoms with Gasteiger partial charge in [-0.05, 0) is 38.3 Å². The lowest BCUT2D eigenvalue weighted by molar-refractivity contribution is 0.180. The van der Waals surface area contributed by atoms with E-state index in [-0.39, 0.29) is 5.75 Å². The van der Waals surface area contributed by atoms with Gasteiger partial charge < -0.3 is 14.9 Å². The molecular weight excluding hydrogens is 430 g/mol. The summed E-state index contributed by atoms with van der Waals surface area (Å²) in [5.74, 6) is 0.112. The summed E-state index contributed by atoms with van der Waals surface area (Å²) in [5, 5.41) is 19.0. The van der Waals surface area contributed by atoms with Crippen LogP contribution < -0.4 is 4.90 Å². The molecule has 160 valence electrons. The van der Waals surface area contributed by atoms with Gasteiger partial charge >= 0.3 is 0 Å². The second kappa shape index (κ2) is 7.54. The maximum atomic E-state index is 10.5. The molecule has 0 bridgehead atoms. The Bertz CT molecular complexity index is 1190. The smallest absolute Gasteiger partial charge is 0.188 e. The van der Waals surface area contributed by atoms with Gasteiger partial charge in [-0.2, -0.15) is 5.10 Å². The molecule has 0 amide bonds. The molecular formula is C21H23N7OS2. The number of aromatic nitrogens is 5. The first-order valence-corrected chi connectivity index (χ1v) is 12.2. The molecule has 2 saturated heterocycles. The van der Waals surface area contributed by atoms with E-state index in [0.717, 1.165) is 32.0 Å². The normalized spacial score (nSPS) is 21.6. The van der Waals surface area contributed by atoms with E-state index in [9.17, 15) is 5.11 Å². The Morgan fingerprint density at radius 2 is 2.03 bits per heavy atom. The van der Waals surface area contributed by atoms with E-state index in [2.05, 4.69) is 32.0 Å². The Morgan fingerprint density at radius 3 is 2.84 bits per heavy atom. The van der Waals surface area contributed by atoms with Crippen molar-refractivity contribution in [1.82, 2.24) is 30.0 Å². The number of nitrogens with zero attached hydrogens (tertiary/aromatic N) is 6. The molecule has 0 radical (unpaired) electrons. The fourth-order valence-corrected chi connectivity index (χ4v) is 6.86. The Balaban J connectivity index is 1.23. The second-order valence-electron chi connectivity index (χ2n) is 8.33. The molecule has 2 aliphatic heterocycles. The lowest BCUT2D eigenvalue weighted by Gasteiger charge is -2.39. The minimum atomic E-state index is 0.112. The zero-order valence-electron chi connectivity index (χ0n) is 17.2. The van der Waals surface area contributed by atoms with Crippen LogP contribution in [0.2, 0.25) is 0 Å². The summed E-state index contributed by atoms with van der Waals surface area (Å²) in [7, 11) is 2.17. The number of thiazole rings is 2. The number of hydrogen-bond donors (Lipinski definition) is 2. The molecule has 31 heavy (non-hydrogen) atoms. The van der Waals surface area contributed by atoms with Crippen molar-refractivity contribution in [2.45, 2.75) is 37.8 Å². The molecule has 0 saturated carbocycles. The second-order valence-corrected chi connectivity index (χ2v) is 10.3. The minimum Gasteiger partial charge on any atom is -0.506 e. The number of rotatable bonds is 4. The summed E-state index contributed by atoms with van der Waals surface area (Å²) in [6.45, 7) is 2.46. The summed E-state index contributed by atoms with van der Waals surface area (Å²) in [4.78, 5) is 20.9. The van der Waals surface area contributed by atoms with E-state index in [0.29, 0.717) is 16.7 Å². The number of nitrogens with one attached hydrogen (secondary N) is 1. The molecule has 6 heterocycles. The van der Waals surface area contributed by atoms with Crippen LogP contribution in [0.25, 0.3) is 31.5 Å². The summed E-state index contributed by atoms with van der Waals surface area (Å²) in [5.41, 5.74) is 2.18. The van der Waals surface area contributed by atoms with Crippen LogP contribution in [0, 0.1) is 0 Å². The zero-order chi connectivity index (χ0) is 20.9. The van der Waals surface area contributed by atoms with Gasteiger partial charge in [0, 0.05) is 49.2 Å². The van der Waals surface area contributed by atoms with Crippen molar-refractivity contribution in [2.24, 2.45) is 0 Å². The number of piperidine rings is 1. The first-order chi connectivity index (χ1) is 15.2. The molecule has 0 aliphatic carbocycles. The maximum absolute atomic E-state index is 10.5. The van der Waals surface area contributed by atoms with Gasteiger partial charge in [0.15, 0.2) is 14.8 Å². The van der Waals surface area contributed by atoms with Gasteiger partial charge in [0.2, 0.25) is 0 Å². The van der Waals surface area contributed by atoms with Gasteiger partial charge in [-0.3, -0.25) is 5.10 Å². The number of fused-ring (bicyclic) bond motifs is 2. The van der Waals surface area contributed by atoms with Gasteiger partial charge in [0.05, 0.1) is 6.20 Å². The fraction of sp³-hybridized carbons (Fsp3) is 0.429. The van der Waals surface area contributed by atoms with Crippen LogP contribution in [0.4, 0.5) is 5.13 Å². The highest BCUT2D eigenvalue weighted by molar-refractivity contribution is 7.29. The van der Waals surface area contributed by atoms with Gasteiger partial charge in [-0.25, -0.2) is 15.0 Å². The topological polar surface area (TPSA) is 94.1 Å². The molecule has 6 rings (SSSR count). The van der Waals surface area contributed by atoms with E-state index < -0.39 is 0 Å². The molecule has 2 atom stereocenters. The lowest BCUT2D eigenvalue weighted by atomic mass is 9.97. The highest BCUT2D eigenvalue weighted by atomic mass is 32.1. The van der Waals surface area contributed by atoms with Crippen LogP contribution in [0.3, 0.4) is 0 Å². The third-order valence-electron chi connectivity index (χ3n) is 6.51. The highest BCUT2D eigenvalue weighted by Crippen LogP contribution is 2.40. The van der Waals surface area contributed by atoms with Crippen LogP contribution in [0.15, 0.2) is 24.7 Å². The number of pyridine rings is 1. The zero-order valence-corrected chi connectivity index (χ0v) is 18.8. The molecule has 10 heteroatoms. The molecule has 2 fully saturated rings. The molecule has 8 nitrogen and oxygen atoms in total. The van der Waals surface area contributed by atoms with Crippen molar-refractivity contribution < 1.29 is 5.11 Å². The highest BCUT2D eigenvalue weighted by Gasteiger charge is 2.34. The van der Waals surface area contributed by atoms with Gasteiger partial charge in [-0.1, -0.05) is 22.7 Å². The van der Waals surface area contributed by atoms with Crippen molar-refractivity contribution in [3.8, 4) is 27.6 Å². The standard InChI is InChI=1S/C21H23N7OS2/c1-27(14-4-6-28-5-2-3-15(28)8-14)21-26-20-19(31-21)25-18(30-20)17-16(29)7-12(9-22-17)13-10-23-24-11-13/h7,9-11,14-15,29H,2-6,8H2,1H3,(H,23,24). The molecule has 0 spiro atoms. The number of aromatic hydroxyl groups is 1. The van der Waals surface area contributed by atoms with Crippen LogP contribution >= 0.6 is 22.7 Å². The molecule has 2 unspecified atom stereocenters. The Kier molecular flexibility index (Phi) is 4.66. The van der Waals surface area contributed by atoms with Crippen molar-refractivity contribution in [3.63, 3.8) is 0 Å². The average molecular weight is 454 g/mol. The SMILES string of the molecule is CN(c1nc2sc(-c3ncc(-c4cn[nH]c4)cc3O)nc2s1)C1CCN2CCCC2C1. The van der Waals surface area contributed by atoms with E-state index in [1.165, 1.54) is 50.1 Å². The molecule has 2 aliphatic rings. The van der Waals surface area contributed by atoms with Gasteiger partial charge in [-0.15, -0.1) is 0 Å². The number of H-pyrrole nitrogens is 1. The first kappa shape index (κ1) is 19.1. The molecule has 4 aromatic heterocycles. The first-order valence-electron chi connectivity index (χ1n) is 10.6. The minimum absolute atomic E-state index is 0.112. The Morgan fingerprint density at radius 1 is 1.13 bits per heavy atom. The van der Waals surface area contributed by atoms with Crippen LogP contribution in [-0.2, 0) is 0 Å². The number of anilines is 1. The average Bonchev–Trinajstić information content (AvgIpc) is 3.56. The predicted molar refractivity (Wildman–Crippen MR) is 124 cm³/mol. The third-order valence-corrected chi connectivity index (χ3v) is 8.63. The predicted octanol–water partition coefficient (Wildman–Crippen LogP) is 3.97.